The van der Waals surface area contributed by atoms with E-state index in [9.17, 15) is 0 Å². The van der Waals surface area contributed by atoms with Crippen LogP contribution in [-0.4, -0.2) is 13.3 Å². The largest absolute Gasteiger partial charge is 0.297 e. The fourth-order valence-corrected chi connectivity index (χ4v) is 0.602. The van der Waals surface area contributed by atoms with Crippen LogP contribution >= 0.6 is 0 Å². The highest BCUT2D eigenvalue weighted by atomic mass is 14.6. The average Bonchev–Trinajstić information content (AvgIpc) is 2.01. The van der Waals surface area contributed by atoms with Gasteiger partial charge in [0, 0.05) is 13.3 Å². The summed E-state index contributed by atoms with van der Waals surface area (Å²) in [4.78, 5) is 3.82. The lowest BCUT2D eigenvalue weighted by Crippen LogP contribution is -1.71. The predicted molar refractivity (Wildman–Crippen MR) is 52.1 cm³/mol. The molecule has 0 aromatic rings. The average molecular weight is 149 g/mol. The first-order valence-electron chi connectivity index (χ1n) is 3.69. The summed E-state index contributed by atoms with van der Waals surface area (Å²) in [6, 6.07) is 0. The van der Waals surface area contributed by atoms with E-state index >= 15 is 0 Å². The van der Waals surface area contributed by atoms with Crippen molar-refractivity contribution in [3.8, 4) is 0 Å². The SMILES string of the molecule is C=C(C=CC=NC)CC=CC. The first-order chi connectivity index (χ1) is 5.31. The van der Waals surface area contributed by atoms with Gasteiger partial charge < -0.3 is 0 Å². The fraction of sp³-hybridized carbons (Fsp3) is 0.300. The standard InChI is InChI=1S/C10H15N/c1-4-5-7-10(2)8-6-9-11-3/h4-6,8-9H,2,7H2,1,3H3. The number of aliphatic imine (C=N–C) groups is 1. The Balaban J connectivity index is 3.68. The highest BCUT2D eigenvalue weighted by molar-refractivity contribution is 5.71. The summed E-state index contributed by atoms with van der Waals surface area (Å²) in [7, 11) is 1.75. The number of allylic oxidation sites excluding steroid dienone is 5. The molecule has 0 spiro atoms. The second-order valence-corrected chi connectivity index (χ2v) is 2.20. The van der Waals surface area contributed by atoms with Crippen LogP contribution in [0.3, 0.4) is 0 Å². The van der Waals surface area contributed by atoms with E-state index in [1.54, 1.807) is 13.3 Å². The quantitative estimate of drug-likeness (QED) is 0.331. The molecular formula is C10H15N. The number of nitrogens with zero attached hydrogens (tertiary/aromatic N) is 1. The lowest BCUT2D eigenvalue weighted by atomic mass is 10.2. The zero-order valence-electron chi connectivity index (χ0n) is 7.25. The molecule has 0 aromatic heterocycles. The molecule has 0 heterocycles. The second kappa shape index (κ2) is 7.00. The molecule has 60 valence electrons. The summed E-state index contributed by atoms with van der Waals surface area (Å²) in [5, 5.41) is 0. The summed E-state index contributed by atoms with van der Waals surface area (Å²) < 4.78 is 0. The van der Waals surface area contributed by atoms with Crippen LogP contribution in [0.25, 0.3) is 0 Å². The molecule has 0 aliphatic heterocycles. The molecule has 0 amide bonds. The van der Waals surface area contributed by atoms with E-state index in [0.29, 0.717) is 0 Å². The molecule has 11 heavy (non-hydrogen) atoms. The Morgan fingerprint density at radius 2 is 2.27 bits per heavy atom. The molecular weight excluding hydrogens is 134 g/mol. The van der Waals surface area contributed by atoms with E-state index in [0.717, 1.165) is 12.0 Å². The maximum Gasteiger partial charge on any atom is 0.0277 e. The molecule has 0 bridgehead atoms. The Bertz CT molecular complexity index is 185. The van der Waals surface area contributed by atoms with Gasteiger partial charge in [0.05, 0.1) is 0 Å². The highest BCUT2D eigenvalue weighted by Crippen LogP contribution is 1.99. The van der Waals surface area contributed by atoms with Gasteiger partial charge in [-0.05, 0) is 19.4 Å². The molecule has 0 unspecified atom stereocenters. The van der Waals surface area contributed by atoms with Crippen molar-refractivity contribution in [1.82, 2.24) is 0 Å². The Hall–Kier alpha value is -1.11. The lowest BCUT2D eigenvalue weighted by molar-refractivity contribution is 1.29. The summed E-state index contributed by atoms with van der Waals surface area (Å²) in [6.45, 7) is 5.87. The Morgan fingerprint density at radius 3 is 2.82 bits per heavy atom. The van der Waals surface area contributed by atoms with Crippen LogP contribution in [0.4, 0.5) is 0 Å². The molecule has 0 atom stereocenters. The third-order valence-corrected chi connectivity index (χ3v) is 1.18. The van der Waals surface area contributed by atoms with Gasteiger partial charge in [0.1, 0.15) is 0 Å². The predicted octanol–water partition coefficient (Wildman–Crippen LogP) is 2.77. The van der Waals surface area contributed by atoms with Gasteiger partial charge in [-0.2, -0.15) is 0 Å². The summed E-state index contributed by atoms with van der Waals surface area (Å²) >= 11 is 0. The fourth-order valence-electron chi connectivity index (χ4n) is 0.602. The van der Waals surface area contributed by atoms with Gasteiger partial charge in [-0.3, -0.25) is 4.99 Å². The van der Waals surface area contributed by atoms with E-state index in [1.807, 2.05) is 25.2 Å². The van der Waals surface area contributed by atoms with Gasteiger partial charge in [-0.15, -0.1) is 0 Å². The number of hydrogen-bond donors (Lipinski definition) is 0. The number of rotatable bonds is 4. The van der Waals surface area contributed by atoms with Crippen molar-refractivity contribution in [3.63, 3.8) is 0 Å². The van der Waals surface area contributed by atoms with E-state index in [-0.39, 0.29) is 0 Å². The Kier molecular flexibility index (Phi) is 6.30. The molecule has 0 aliphatic rings. The van der Waals surface area contributed by atoms with Crippen molar-refractivity contribution in [2.24, 2.45) is 4.99 Å². The summed E-state index contributed by atoms with van der Waals surface area (Å²) in [5.41, 5.74) is 1.10. The molecule has 0 N–H and O–H groups in total. The molecule has 0 rings (SSSR count). The molecule has 0 fully saturated rings. The Morgan fingerprint density at radius 1 is 1.55 bits per heavy atom. The molecule has 0 radical (unpaired) electrons. The molecule has 0 aromatic carbocycles. The van der Waals surface area contributed by atoms with Gasteiger partial charge in [0.15, 0.2) is 0 Å². The minimum absolute atomic E-state index is 0.921. The topological polar surface area (TPSA) is 12.4 Å². The van der Waals surface area contributed by atoms with E-state index in [4.69, 9.17) is 0 Å². The van der Waals surface area contributed by atoms with Crippen molar-refractivity contribution in [1.29, 1.82) is 0 Å². The summed E-state index contributed by atoms with van der Waals surface area (Å²) in [5.74, 6) is 0. The smallest absolute Gasteiger partial charge is 0.0277 e. The van der Waals surface area contributed by atoms with Crippen LogP contribution in [0.2, 0.25) is 0 Å². The lowest BCUT2D eigenvalue weighted by Gasteiger charge is -1.89. The van der Waals surface area contributed by atoms with Crippen molar-refractivity contribution >= 4 is 6.21 Å². The van der Waals surface area contributed by atoms with Crippen LogP contribution in [0.1, 0.15) is 13.3 Å². The van der Waals surface area contributed by atoms with Gasteiger partial charge in [0.2, 0.25) is 0 Å². The first-order valence-corrected chi connectivity index (χ1v) is 3.69. The minimum Gasteiger partial charge on any atom is -0.297 e. The Labute approximate surface area is 68.9 Å². The first kappa shape index (κ1) is 9.89. The van der Waals surface area contributed by atoms with Crippen LogP contribution in [0.5, 0.6) is 0 Å². The van der Waals surface area contributed by atoms with Crippen LogP contribution in [0.15, 0.2) is 41.4 Å². The van der Waals surface area contributed by atoms with Gasteiger partial charge in [0.25, 0.3) is 0 Å². The third kappa shape index (κ3) is 6.78. The molecule has 1 nitrogen and oxygen atoms in total. The van der Waals surface area contributed by atoms with Gasteiger partial charge >= 0.3 is 0 Å². The zero-order chi connectivity index (χ0) is 8.53. The van der Waals surface area contributed by atoms with Crippen molar-refractivity contribution in [2.45, 2.75) is 13.3 Å². The van der Waals surface area contributed by atoms with Crippen molar-refractivity contribution in [3.05, 3.63) is 36.5 Å². The van der Waals surface area contributed by atoms with Gasteiger partial charge in [-0.1, -0.05) is 30.4 Å². The highest BCUT2D eigenvalue weighted by Gasteiger charge is 1.80. The maximum atomic E-state index is 3.86. The van der Waals surface area contributed by atoms with E-state index < -0.39 is 0 Å². The molecule has 1 heteroatoms. The van der Waals surface area contributed by atoms with Crippen LogP contribution in [0, 0.1) is 0 Å². The monoisotopic (exact) mass is 149 g/mol. The maximum absolute atomic E-state index is 3.86. The molecule has 0 saturated carbocycles. The zero-order valence-corrected chi connectivity index (χ0v) is 7.25. The molecule has 0 saturated heterocycles. The van der Waals surface area contributed by atoms with Crippen molar-refractivity contribution < 1.29 is 0 Å². The second-order valence-electron chi connectivity index (χ2n) is 2.20. The van der Waals surface area contributed by atoms with E-state index in [1.165, 1.54) is 0 Å². The third-order valence-electron chi connectivity index (χ3n) is 1.18. The number of hydrogen-bond acceptors (Lipinski definition) is 1. The molecule has 0 aliphatic carbocycles. The minimum atomic E-state index is 0.921. The van der Waals surface area contributed by atoms with Crippen molar-refractivity contribution in [2.75, 3.05) is 7.05 Å². The van der Waals surface area contributed by atoms with Gasteiger partial charge in [-0.25, -0.2) is 0 Å². The van der Waals surface area contributed by atoms with Crippen LogP contribution < -0.4 is 0 Å². The van der Waals surface area contributed by atoms with E-state index in [2.05, 4.69) is 17.6 Å². The van der Waals surface area contributed by atoms with Crippen LogP contribution in [-0.2, 0) is 0 Å². The summed E-state index contributed by atoms with van der Waals surface area (Å²) in [6.07, 6.45) is 10.6. The normalized spacial score (nSPS) is 12.2.